The van der Waals surface area contributed by atoms with Crippen LogP contribution in [0.2, 0.25) is 0 Å². The van der Waals surface area contributed by atoms with Crippen LogP contribution in [0.3, 0.4) is 0 Å². The number of hydrogen-bond donors (Lipinski definition) is 0. The van der Waals surface area contributed by atoms with E-state index in [4.69, 9.17) is 4.74 Å². The van der Waals surface area contributed by atoms with Crippen molar-refractivity contribution in [3.05, 3.63) is 125 Å². The molecular formula is C32H29F2N3O5S. The van der Waals surface area contributed by atoms with Crippen molar-refractivity contribution in [3.63, 3.8) is 0 Å². The minimum atomic E-state index is -4.10. The lowest BCUT2D eigenvalue weighted by Gasteiger charge is -2.35. The van der Waals surface area contributed by atoms with E-state index in [-0.39, 0.29) is 54.7 Å². The molecule has 0 unspecified atom stereocenters. The Balaban J connectivity index is 1.34. The van der Waals surface area contributed by atoms with Crippen molar-refractivity contribution in [1.29, 1.82) is 0 Å². The van der Waals surface area contributed by atoms with Crippen LogP contribution in [0.15, 0.2) is 102 Å². The first-order chi connectivity index (χ1) is 20.7. The Kier molecular flexibility index (Phi) is 8.72. The minimum absolute atomic E-state index is 0.0218. The van der Waals surface area contributed by atoms with Gasteiger partial charge in [-0.2, -0.15) is 0 Å². The third kappa shape index (κ3) is 6.51. The van der Waals surface area contributed by atoms with Crippen LogP contribution >= 0.6 is 0 Å². The lowest BCUT2D eigenvalue weighted by Crippen LogP contribution is -2.50. The molecule has 0 aliphatic carbocycles. The molecule has 11 heteroatoms. The number of ether oxygens (including phenoxy) is 1. The summed E-state index contributed by atoms with van der Waals surface area (Å²) in [5, 5.41) is 0. The summed E-state index contributed by atoms with van der Waals surface area (Å²) in [6.07, 6.45) is 0. The molecule has 0 aromatic heterocycles. The minimum Gasteiger partial charge on any atom is -0.497 e. The van der Waals surface area contributed by atoms with Gasteiger partial charge in [-0.05, 0) is 66.2 Å². The van der Waals surface area contributed by atoms with Gasteiger partial charge in [-0.25, -0.2) is 17.2 Å². The van der Waals surface area contributed by atoms with Gasteiger partial charge in [-0.15, -0.1) is 0 Å². The number of amides is 2. The Labute approximate surface area is 248 Å². The first kappa shape index (κ1) is 29.7. The zero-order valence-electron chi connectivity index (χ0n) is 23.3. The molecule has 1 aliphatic heterocycles. The van der Waals surface area contributed by atoms with Crippen molar-refractivity contribution in [2.75, 3.05) is 37.6 Å². The Bertz CT molecular complexity index is 1730. The number of benzene rings is 4. The average molecular weight is 606 g/mol. The summed E-state index contributed by atoms with van der Waals surface area (Å²) in [6.45, 7) is 0.823. The number of carbonyl (C=O) groups excluding carboxylic acids is 2. The SMILES string of the molecule is COc1ccc(N(Cc2ccccc2)S(=O)(=O)c2cccc(C(=O)N3CCN(C(=O)c4ccc(F)c(F)c4)CC3)c2)cc1. The first-order valence-electron chi connectivity index (χ1n) is 13.5. The summed E-state index contributed by atoms with van der Waals surface area (Å²) in [4.78, 5) is 29.1. The molecule has 1 aliphatic rings. The maximum absolute atomic E-state index is 14.0. The fraction of sp³-hybridized carbons (Fsp3) is 0.188. The average Bonchev–Trinajstić information content (AvgIpc) is 3.05. The van der Waals surface area contributed by atoms with Crippen molar-refractivity contribution in [2.45, 2.75) is 11.4 Å². The molecule has 1 heterocycles. The van der Waals surface area contributed by atoms with Crippen LogP contribution in [0, 0.1) is 11.6 Å². The number of methoxy groups -OCH3 is 1. The molecule has 8 nitrogen and oxygen atoms in total. The Morgan fingerprint density at radius 1 is 0.744 bits per heavy atom. The van der Waals surface area contributed by atoms with Crippen LogP contribution in [0.1, 0.15) is 26.3 Å². The lowest BCUT2D eigenvalue weighted by atomic mass is 10.1. The Morgan fingerprint density at radius 2 is 1.35 bits per heavy atom. The molecule has 222 valence electrons. The highest BCUT2D eigenvalue weighted by molar-refractivity contribution is 7.92. The van der Waals surface area contributed by atoms with Crippen molar-refractivity contribution in [1.82, 2.24) is 9.80 Å². The molecule has 0 radical (unpaired) electrons. The highest BCUT2D eigenvalue weighted by Gasteiger charge is 2.29. The smallest absolute Gasteiger partial charge is 0.264 e. The second-order valence-corrected chi connectivity index (χ2v) is 11.8. The van der Waals surface area contributed by atoms with Gasteiger partial charge in [0.25, 0.3) is 21.8 Å². The number of piperazine rings is 1. The summed E-state index contributed by atoms with van der Waals surface area (Å²) in [6, 6.07) is 24.7. The maximum atomic E-state index is 14.0. The van der Waals surface area contributed by atoms with Gasteiger partial charge in [0.15, 0.2) is 11.6 Å². The number of nitrogens with zero attached hydrogens (tertiary/aromatic N) is 3. The predicted octanol–water partition coefficient (Wildman–Crippen LogP) is 4.97. The number of anilines is 1. The lowest BCUT2D eigenvalue weighted by molar-refractivity contribution is 0.0535. The summed E-state index contributed by atoms with van der Waals surface area (Å²) in [7, 11) is -2.58. The molecule has 5 rings (SSSR count). The molecule has 0 atom stereocenters. The van der Waals surface area contributed by atoms with Crippen LogP contribution in [-0.4, -0.2) is 63.3 Å². The van der Waals surface area contributed by atoms with Gasteiger partial charge in [0.2, 0.25) is 0 Å². The zero-order chi connectivity index (χ0) is 30.6. The van der Waals surface area contributed by atoms with Gasteiger partial charge in [0, 0.05) is 37.3 Å². The van der Waals surface area contributed by atoms with Crippen molar-refractivity contribution < 1.29 is 31.5 Å². The summed E-state index contributed by atoms with van der Waals surface area (Å²) in [5.41, 5.74) is 1.43. The van der Waals surface area contributed by atoms with Gasteiger partial charge in [0.1, 0.15) is 5.75 Å². The normalized spacial score (nSPS) is 13.5. The van der Waals surface area contributed by atoms with E-state index in [9.17, 15) is 26.8 Å². The second kappa shape index (κ2) is 12.6. The standard InChI is InChI=1S/C32H29F2N3O5S/c1-42-27-13-11-26(12-14-27)37(22-23-6-3-2-4-7-23)43(40,41)28-9-5-8-24(20-28)31(38)35-16-18-36(19-17-35)32(39)25-10-15-29(33)30(34)21-25/h2-15,20-21H,16-19,22H2,1H3. The number of sulfonamides is 1. The van der Waals surface area contributed by atoms with Gasteiger partial charge in [-0.1, -0.05) is 36.4 Å². The van der Waals surface area contributed by atoms with Crippen LogP contribution in [-0.2, 0) is 16.6 Å². The fourth-order valence-electron chi connectivity index (χ4n) is 4.84. The van der Waals surface area contributed by atoms with Crippen molar-refractivity contribution >= 4 is 27.5 Å². The number of hydrogen-bond acceptors (Lipinski definition) is 5. The summed E-state index contributed by atoms with van der Waals surface area (Å²) < 4.78 is 61.4. The third-order valence-electron chi connectivity index (χ3n) is 7.22. The van der Waals surface area contributed by atoms with Crippen LogP contribution in [0.5, 0.6) is 5.75 Å². The van der Waals surface area contributed by atoms with E-state index in [0.717, 1.165) is 17.7 Å². The van der Waals surface area contributed by atoms with E-state index in [2.05, 4.69) is 0 Å². The largest absolute Gasteiger partial charge is 0.497 e. The Hall–Kier alpha value is -4.77. The number of rotatable bonds is 8. The highest BCUT2D eigenvalue weighted by Crippen LogP contribution is 2.28. The molecule has 0 spiro atoms. The Morgan fingerprint density at radius 3 is 1.93 bits per heavy atom. The number of carbonyl (C=O) groups is 2. The highest BCUT2D eigenvalue weighted by atomic mass is 32.2. The summed E-state index contributed by atoms with van der Waals surface area (Å²) in [5.74, 6) is -2.40. The van der Waals surface area contributed by atoms with E-state index in [1.807, 2.05) is 30.3 Å². The van der Waals surface area contributed by atoms with Crippen LogP contribution < -0.4 is 9.04 Å². The quantitative estimate of drug-likeness (QED) is 0.283. The maximum Gasteiger partial charge on any atom is 0.264 e. The molecule has 43 heavy (non-hydrogen) atoms. The molecule has 0 bridgehead atoms. The fourth-order valence-corrected chi connectivity index (χ4v) is 6.34. The molecule has 4 aromatic carbocycles. The molecule has 0 N–H and O–H groups in total. The zero-order valence-corrected chi connectivity index (χ0v) is 24.1. The molecule has 1 fully saturated rings. The molecular weight excluding hydrogens is 576 g/mol. The summed E-state index contributed by atoms with van der Waals surface area (Å²) >= 11 is 0. The van der Waals surface area contributed by atoms with Crippen LogP contribution in [0.25, 0.3) is 0 Å². The third-order valence-corrected chi connectivity index (χ3v) is 8.99. The number of halogens is 2. The van der Waals surface area contributed by atoms with Crippen LogP contribution in [0.4, 0.5) is 14.5 Å². The monoisotopic (exact) mass is 605 g/mol. The molecule has 0 saturated carbocycles. The molecule has 2 amide bonds. The second-order valence-electron chi connectivity index (χ2n) is 9.94. The van der Waals surface area contributed by atoms with Crippen molar-refractivity contribution in [2.24, 2.45) is 0 Å². The topological polar surface area (TPSA) is 87.2 Å². The van der Waals surface area contributed by atoms with E-state index in [1.165, 1.54) is 45.5 Å². The van der Waals surface area contributed by atoms with E-state index in [1.54, 1.807) is 30.3 Å². The molecule has 4 aromatic rings. The van der Waals surface area contributed by atoms with Gasteiger partial charge in [-0.3, -0.25) is 13.9 Å². The van der Waals surface area contributed by atoms with Gasteiger partial charge in [0.05, 0.1) is 24.2 Å². The van der Waals surface area contributed by atoms with E-state index < -0.39 is 27.6 Å². The van der Waals surface area contributed by atoms with E-state index in [0.29, 0.717) is 11.4 Å². The predicted molar refractivity (Wildman–Crippen MR) is 157 cm³/mol. The van der Waals surface area contributed by atoms with Gasteiger partial charge < -0.3 is 14.5 Å². The van der Waals surface area contributed by atoms with E-state index >= 15 is 0 Å². The van der Waals surface area contributed by atoms with Crippen molar-refractivity contribution in [3.8, 4) is 5.75 Å². The first-order valence-corrected chi connectivity index (χ1v) is 15.0. The van der Waals surface area contributed by atoms with Gasteiger partial charge >= 0.3 is 0 Å². The molecule has 1 saturated heterocycles.